The fourth-order valence-corrected chi connectivity index (χ4v) is 3.46. The van der Waals surface area contributed by atoms with Gasteiger partial charge in [0.25, 0.3) is 0 Å². The molecule has 1 saturated heterocycles. The summed E-state index contributed by atoms with van der Waals surface area (Å²) < 4.78 is 12.1. The molecule has 120 valence electrons. The molecule has 0 N–H and O–H groups in total. The van der Waals surface area contributed by atoms with Gasteiger partial charge in [-0.2, -0.15) is 0 Å². The lowest BCUT2D eigenvalue weighted by molar-refractivity contribution is -0.0778. The summed E-state index contributed by atoms with van der Waals surface area (Å²) in [4.78, 5) is 15.4. The molecule has 1 aliphatic heterocycles. The molecule has 2 aromatic rings. The standard InChI is InChI=1S/C17H20N4O2/c1-2-7-18-13(4-1)12-23-15-6-5-14-16(15)22-11-10-21(14)17-19-8-3-9-20-17/h1-4,7-9,14-16H,5-6,10-12H2/t14-,15-,16+/m0/s1. The van der Waals surface area contributed by atoms with Gasteiger partial charge in [-0.1, -0.05) is 6.07 Å². The lowest BCUT2D eigenvalue weighted by atomic mass is 10.1. The lowest BCUT2D eigenvalue weighted by Gasteiger charge is -2.38. The van der Waals surface area contributed by atoms with E-state index in [0.717, 1.165) is 31.0 Å². The molecule has 2 aliphatic rings. The normalized spacial score (nSPS) is 27.0. The van der Waals surface area contributed by atoms with E-state index < -0.39 is 0 Å². The molecule has 0 aromatic carbocycles. The monoisotopic (exact) mass is 312 g/mol. The first kappa shape index (κ1) is 14.5. The first-order valence-electron chi connectivity index (χ1n) is 8.08. The molecule has 2 fully saturated rings. The zero-order valence-corrected chi connectivity index (χ0v) is 12.9. The fourth-order valence-electron chi connectivity index (χ4n) is 3.46. The number of hydrogen-bond donors (Lipinski definition) is 0. The second-order valence-corrected chi connectivity index (χ2v) is 5.89. The maximum absolute atomic E-state index is 6.09. The smallest absolute Gasteiger partial charge is 0.225 e. The summed E-state index contributed by atoms with van der Waals surface area (Å²) in [5, 5.41) is 0. The van der Waals surface area contributed by atoms with Crippen LogP contribution in [0.25, 0.3) is 0 Å². The molecule has 6 heteroatoms. The molecule has 0 unspecified atom stereocenters. The molecule has 0 radical (unpaired) electrons. The third kappa shape index (κ3) is 3.04. The predicted octanol–water partition coefficient (Wildman–Crippen LogP) is 1.82. The molecule has 2 aromatic heterocycles. The maximum Gasteiger partial charge on any atom is 0.225 e. The summed E-state index contributed by atoms with van der Waals surface area (Å²) >= 11 is 0. The van der Waals surface area contributed by atoms with Gasteiger partial charge in [-0.15, -0.1) is 0 Å². The predicted molar refractivity (Wildman–Crippen MR) is 85.0 cm³/mol. The molecule has 3 heterocycles. The Bertz CT molecular complexity index is 625. The van der Waals surface area contributed by atoms with Crippen molar-refractivity contribution in [2.24, 2.45) is 0 Å². The molecule has 0 amide bonds. The van der Waals surface area contributed by atoms with Crippen molar-refractivity contribution in [3.05, 3.63) is 48.5 Å². The summed E-state index contributed by atoms with van der Waals surface area (Å²) in [5.41, 5.74) is 0.954. The van der Waals surface area contributed by atoms with Crippen molar-refractivity contribution >= 4 is 5.95 Å². The van der Waals surface area contributed by atoms with Gasteiger partial charge in [0.2, 0.25) is 5.95 Å². The minimum atomic E-state index is 0.0799. The maximum atomic E-state index is 6.09. The topological polar surface area (TPSA) is 60.4 Å². The first-order chi connectivity index (χ1) is 11.4. The zero-order valence-electron chi connectivity index (χ0n) is 12.9. The van der Waals surface area contributed by atoms with Crippen molar-refractivity contribution < 1.29 is 9.47 Å². The molecule has 1 aliphatic carbocycles. The van der Waals surface area contributed by atoms with Gasteiger partial charge in [0.15, 0.2) is 0 Å². The number of hydrogen-bond acceptors (Lipinski definition) is 6. The third-order valence-corrected chi connectivity index (χ3v) is 4.52. The highest BCUT2D eigenvalue weighted by Gasteiger charge is 2.44. The van der Waals surface area contributed by atoms with E-state index >= 15 is 0 Å². The summed E-state index contributed by atoms with van der Waals surface area (Å²) in [6.45, 7) is 2.04. The van der Waals surface area contributed by atoms with E-state index in [1.54, 1.807) is 18.6 Å². The van der Waals surface area contributed by atoms with Gasteiger partial charge in [-0.25, -0.2) is 9.97 Å². The van der Waals surface area contributed by atoms with Crippen molar-refractivity contribution in [1.82, 2.24) is 15.0 Å². The van der Waals surface area contributed by atoms with Gasteiger partial charge in [-0.3, -0.25) is 4.98 Å². The van der Waals surface area contributed by atoms with Crippen molar-refractivity contribution in [3.63, 3.8) is 0 Å². The summed E-state index contributed by atoms with van der Waals surface area (Å²) in [7, 11) is 0. The first-order valence-corrected chi connectivity index (χ1v) is 8.08. The largest absolute Gasteiger partial charge is 0.372 e. The third-order valence-electron chi connectivity index (χ3n) is 4.52. The van der Waals surface area contributed by atoms with Crippen LogP contribution in [-0.2, 0) is 16.1 Å². The van der Waals surface area contributed by atoms with Gasteiger partial charge in [0.1, 0.15) is 6.10 Å². The van der Waals surface area contributed by atoms with Gasteiger partial charge in [0, 0.05) is 25.1 Å². The summed E-state index contributed by atoms with van der Waals surface area (Å²) in [6, 6.07) is 8.01. The van der Waals surface area contributed by atoms with Crippen molar-refractivity contribution in [2.75, 3.05) is 18.1 Å². The van der Waals surface area contributed by atoms with Crippen LogP contribution < -0.4 is 4.90 Å². The number of pyridine rings is 1. The molecular weight excluding hydrogens is 292 g/mol. The Morgan fingerprint density at radius 2 is 1.96 bits per heavy atom. The van der Waals surface area contributed by atoms with Gasteiger partial charge in [0.05, 0.1) is 31.1 Å². The Kier molecular flexibility index (Phi) is 4.17. The number of morpholine rings is 1. The Morgan fingerprint density at radius 1 is 1.09 bits per heavy atom. The van der Waals surface area contributed by atoms with Crippen LogP contribution in [0.3, 0.4) is 0 Å². The van der Waals surface area contributed by atoms with Crippen molar-refractivity contribution in [1.29, 1.82) is 0 Å². The molecule has 3 atom stereocenters. The van der Waals surface area contributed by atoms with Crippen molar-refractivity contribution in [3.8, 4) is 0 Å². The second kappa shape index (κ2) is 6.60. The quantitative estimate of drug-likeness (QED) is 0.858. The van der Waals surface area contributed by atoms with E-state index in [0.29, 0.717) is 19.3 Å². The van der Waals surface area contributed by atoms with E-state index in [-0.39, 0.29) is 12.2 Å². The lowest BCUT2D eigenvalue weighted by Crippen LogP contribution is -2.52. The molecular formula is C17H20N4O2. The van der Waals surface area contributed by atoms with Crippen LogP contribution in [0.15, 0.2) is 42.9 Å². The Hall–Kier alpha value is -2.05. The molecule has 23 heavy (non-hydrogen) atoms. The highest BCUT2D eigenvalue weighted by molar-refractivity contribution is 5.33. The molecule has 1 saturated carbocycles. The van der Waals surface area contributed by atoms with Crippen LogP contribution in [0.5, 0.6) is 0 Å². The molecule has 0 bridgehead atoms. The Morgan fingerprint density at radius 3 is 2.78 bits per heavy atom. The van der Waals surface area contributed by atoms with E-state index in [1.807, 2.05) is 24.3 Å². The van der Waals surface area contributed by atoms with Gasteiger partial charge < -0.3 is 14.4 Å². The van der Waals surface area contributed by atoms with Gasteiger partial charge in [-0.05, 0) is 31.0 Å². The SMILES string of the molecule is c1ccc(CO[C@H]2CC[C@H]3[C@H]2OCCN3c2ncccn2)nc1. The molecule has 0 spiro atoms. The summed E-state index contributed by atoms with van der Waals surface area (Å²) in [6.07, 6.45) is 7.58. The van der Waals surface area contributed by atoms with Crippen LogP contribution in [0.2, 0.25) is 0 Å². The number of aromatic nitrogens is 3. The Balaban J connectivity index is 1.43. The zero-order chi connectivity index (χ0) is 15.5. The van der Waals surface area contributed by atoms with E-state index in [4.69, 9.17) is 9.47 Å². The average molecular weight is 312 g/mol. The fraction of sp³-hybridized carbons (Fsp3) is 0.471. The number of fused-ring (bicyclic) bond motifs is 1. The van der Waals surface area contributed by atoms with Gasteiger partial charge >= 0.3 is 0 Å². The number of rotatable bonds is 4. The van der Waals surface area contributed by atoms with Crippen LogP contribution >= 0.6 is 0 Å². The highest BCUT2D eigenvalue weighted by atomic mass is 16.5. The van der Waals surface area contributed by atoms with E-state index in [9.17, 15) is 0 Å². The highest BCUT2D eigenvalue weighted by Crippen LogP contribution is 2.33. The minimum Gasteiger partial charge on any atom is -0.372 e. The molecule has 6 nitrogen and oxygen atoms in total. The number of ether oxygens (including phenoxy) is 2. The molecule has 4 rings (SSSR count). The average Bonchev–Trinajstić information content (AvgIpc) is 3.05. The number of nitrogens with zero attached hydrogens (tertiary/aromatic N) is 4. The van der Waals surface area contributed by atoms with Crippen LogP contribution in [0.1, 0.15) is 18.5 Å². The Labute approximate surface area is 135 Å². The van der Waals surface area contributed by atoms with Crippen LogP contribution in [0.4, 0.5) is 5.95 Å². The number of anilines is 1. The summed E-state index contributed by atoms with van der Waals surface area (Å²) in [5.74, 6) is 0.788. The van der Waals surface area contributed by atoms with Crippen LogP contribution in [-0.4, -0.2) is 46.4 Å². The van der Waals surface area contributed by atoms with Crippen LogP contribution in [0, 0.1) is 0 Å². The van der Waals surface area contributed by atoms with E-state index in [2.05, 4.69) is 19.9 Å². The minimum absolute atomic E-state index is 0.0799. The second-order valence-electron chi connectivity index (χ2n) is 5.89. The van der Waals surface area contributed by atoms with E-state index in [1.165, 1.54) is 0 Å². The van der Waals surface area contributed by atoms with Crippen molar-refractivity contribution in [2.45, 2.75) is 37.7 Å².